The molecule has 2 aromatic rings. The Morgan fingerprint density at radius 3 is 2.50 bits per heavy atom. The summed E-state index contributed by atoms with van der Waals surface area (Å²) in [7, 11) is 0. The molecule has 0 fully saturated rings. The van der Waals surface area contributed by atoms with Crippen LogP contribution in [0.1, 0.15) is 6.42 Å². The molecule has 0 aromatic heterocycles. The van der Waals surface area contributed by atoms with Crippen molar-refractivity contribution in [3.05, 3.63) is 58.1 Å². The molecule has 7 heteroatoms. The molecule has 2 N–H and O–H groups in total. The number of amides is 1. The van der Waals surface area contributed by atoms with Gasteiger partial charge in [-0.1, -0.05) is 23.2 Å². The Bertz CT molecular complexity index is 695. The maximum Gasteiger partial charge on any atom is 0.226 e. The molecule has 0 unspecified atom stereocenters. The lowest BCUT2D eigenvalue weighted by molar-refractivity contribution is -0.116. The predicted molar refractivity (Wildman–Crippen MR) is 84.6 cm³/mol. The second-order valence-electron chi connectivity index (χ2n) is 4.48. The van der Waals surface area contributed by atoms with E-state index in [-0.39, 0.29) is 12.1 Å². The number of hydrogen-bond acceptors (Lipinski definition) is 2. The van der Waals surface area contributed by atoms with Crippen molar-refractivity contribution in [1.82, 2.24) is 0 Å². The summed E-state index contributed by atoms with van der Waals surface area (Å²) in [5.41, 5.74) is 0.663. The van der Waals surface area contributed by atoms with Gasteiger partial charge in [0, 0.05) is 24.7 Å². The molecule has 2 rings (SSSR count). The minimum absolute atomic E-state index is 0.0547. The highest BCUT2D eigenvalue weighted by Gasteiger charge is 2.08. The van der Waals surface area contributed by atoms with Gasteiger partial charge in [0.2, 0.25) is 5.91 Å². The van der Waals surface area contributed by atoms with Crippen LogP contribution in [0.5, 0.6) is 0 Å². The van der Waals surface area contributed by atoms with Crippen molar-refractivity contribution >= 4 is 40.5 Å². The zero-order valence-corrected chi connectivity index (χ0v) is 12.8. The van der Waals surface area contributed by atoms with E-state index in [1.165, 1.54) is 6.07 Å². The Kier molecular flexibility index (Phi) is 5.57. The van der Waals surface area contributed by atoms with Gasteiger partial charge in [0.15, 0.2) is 0 Å². The number of carbonyl (C=O) groups is 1. The van der Waals surface area contributed by atoms with Gasteiger partial charge in [-0.15, -0.1) is 0 Å². The van der Waals surface area contributed by atoms with Gasteiger partial charge in [-0.05, 0) is 30.3 Å². The minimum Gasteiger partial charge on any atom is -0.384 e. The smallest absolute Gasteiger partial charge is 0.226 e. The van der Waals surface area contributed by atoms with Gasteiger partial charge >= 0.3 is 0 Å². The Hall–Kier alpha value is -1.85. The normalized spacial score (nSPS) is 10.4. The summed E-state index contributed by atoms with van der Waals surface area (Å²) in [6.45, 7) is 0.326. The van der Waals surface area contributed by atoms with Gasteiger partial charge in [-0.3, -0.25) is 4.79 Å². The summed E-state index contributed by atoms with van der Waals surface area (Å²) in [5.74, 6) is -1.90. The Labute approximate surface area is 136 Å². The van der Waals surface area contributed by atoms with Gasteiger partial charge in [0.1, 0.15) is 11.6 Å². The van der Waals surface area contributed by atoms with Crippen LogP contribution in [0.4, 0.5) is 20.2 Å². The van der Waals surface area contributed by atoms with Crippen molar-refractivity contribution in [2.45, 2.75) is 6.42 Å². The van der Waals surface area contributed by atoms with Crippen LogP contribution in [0.25, 0.3) is 0 Å². The molecule has 0 aliphatic heterocycles. The maximum absolute atomic E-state index is 13.4. The van der Waals surface area contributed by atoms with Crippen LogP contribution in [0, 0.1) is 11.6 Å². The largest absolute Gasteiger partial charge is 0.384 e. The van der Waals surface area contributed by atoms with Gasteiger partial charge in [0.25, 0.3) is 0 Å². The molecule has 0 bridgehead atoms. The van der Waals surface area contributed by atoms with Crippen LogP contribution in [0.2, 0.25) is 10.0 Å². The molecule has 116 valence electrons. The highest BCUT2D eigenvalue weighted by molar-refractivity contribution is 6.42. The molecule has 0 aliphatic rings. The van der Waals surface area contributed by atoms with Gasteiger partial charge in [0.05, 0.1) is 15.7 Å². The second kappa shape index (κ2) is 7.42. The summed E-state index contributed by atoms with van der Waals surface area (Å²) in [6.07, 6.45) is 0.108. The van der Waals surface area contributed by atoms with E-state index in [1.807, 2.05) is 0 Å². The summed E-state index contributed by atoms with van der Waals surface area (Å²) in [5, 5.41) is 6.22. The molecule has 0 heterocycles. The molecule has 22 heavy (non-hydrogen) atoms. The first-order chi connectivity index (χ1) is 10.5. The molecule has 1 amide bonds. The SMILES string of the molecule is O=C(CCNc1ccc(Cl)c(Cl)c1)Nc1ccc(F)cc1F. The number of halogens is 4. The van der Waals surface area contributed by atoms with Crippen LogP contribution < -0.4 is 10.6 Å². The fraction of sp³-hybridized carbons (Fsp3) is 0.133. The van der Waals surface area contributed by atoms with E-state index in [0.717, 1.165) is 11.8 Å². The number of benzene rings is 2. The van der Waals surface area contributed by atoms with Crippen molar-refractivity contribution in [1.29, 1.82) is 0 Å². The third-order valence-electron chi connectivity index (χ3n) is 2.81. The predicted octanol–water partition coefficient (Wildman–Crippen LogP) is 4.71. The molecule has 0 saturated heterocycles. The van der Waals surface area contributed by atoms with E-state index in [2.05, 4.69) is 10.6 Å². The number of carbonyl (C=O) groups excluding carboxylic acids is 1. The van der Waals surface area contributed by atoms with Crippen molar-refractivity contribution < 1.29 is 13.6 Å². The van der Waals surface area contributed by atoms with Gasteiger partial charge in [-0.2, -0.15) is 0 Å². The number of rotatable bonds is 5. The topological polar surface area (TPSA) is 41.1 Å². The molecular weight excluding hydrogens is 333 g/mol. The summed E-state index contributed by atoms with van der Waals surface area (Å²) >= 11 is 11.7. The van der Waals surface area contributed by atoms with Crippen molar-refractivity contribution in [3.8, 4) is 0 Å². The standard InChI is InChI=1S/C15H12Cl2F2N2O/c16-11-3-2-10(8-12(11)17)20-6-5-15(22)21-14-4-1-9(18)7-13(14)19/h1-4,7-8,20H,5-6H2,(H,21,22). The van der Waals surface area contributed by atoms with E-state index < -0.39 is 17.5 Å². The molecule has 0 aliphatic carbocycles. The van der Waals surface area contributed by atoms with Crippen LogP contribution >= 0.6 is 23.2 Å². The van der Waals surface area contributed by atoms with Crippen molar-refractivity contribution in [2.24, 2.45) is 0 Å². The quantitative estimate of drug-likeness (QED) is 0.824. The zero-order valence-electron chi connectivity index (χ0n) is 11.3. The van der Waals surface area contributed by atoms with E-state index in [0.29, 0.717) is 22.7 Å². The van der Waals surface area contributed by atoms with Gasteiger partial charge in [-0.25, -0.2) is 8.78 Å². The van der Waals surface area contributed by atoms with E-state index in [4.69, 9.17) is 23.2 Å². The van der Waals surface area contributed by atoms with Crippen LogP contribution in [0.15, 0.2) is 36.4 Å². The number of nitrogens with one attached hydrogen (secondary N) is 2. The first kappa shape index (κ1) is 16.5. The fourth-order valence-corrected chi connectivity index (χ4v) is 2.03. The number of anilines is 2. The lowest BCUT2D eigenvalue weighted by Gasteiger charge is -2.09. The average Bonchev–Trinajstić information content (AvgIpc) is 2.46. The highest BCUT2D eigenvalue weighted by atomic mass is 35.5. The van der Waals surface area contributed by atoms with E-state index in [1.54, 1.807) is 18.2 Å². The lowest BCUT2D eigenvalue weighted by atomic mass is 10.2. The van der Waals surface area contributed by atoms with E-state index >= 15 is 0 Å². The Balaban J connectivity index is 1.83. The molecule has 2 aromatic carbocycles. The van der Waals surface area contributed by atoms with Crippen molar-refractivity contribution in [2.75, 3.05) is 17.2 Å². The molecule has 3 nitrogen and oxygen atoms in total. The van der Waals surface area contributed by atoms with Crippen molar-refractivity contribution in [3.63, 3.8) is 0 Å². The lowest BCUT2D eigenvalue weighted by Crippen LogP contribution is -2.17. The Morgan fingerprint density at radius 2 is 1.82 bits per heavy atom. The number of hydrogen-bond donors (Lipinski definition) is 2. The summed E-state index contributed by atoms with van der Waals surface area (Å²) in [6, 6.07) is 7.97. The minimum atomic E-state index is -0.814. The van der Waals surface area contributed by atoms with Crippen LogP contribution in [-0.2, 0) is 4.79 Å². The molecular formula is C15H12Cl2F2N2O. The van der Waals surface area contributed by atoms with E-state index in [9.17, 15) is 13.6 Å². The molecule has 0 radical (unpaired) electrons. The third-order valence-corrected chi connectivity index (χ3v) is 3.55. The first-order valence-corrected chi connectivity index (χ1v) is 7.15. The first-order valence-electron chi connectivity index (χ1n) is 6.39. The zero-order chi connectivity index (χ0) is 16.1. The summed E-state index contributed by atoms with van der Waals surface area (Å²) in [4.78, 5) is 11.7. The second-order valence-corrected chi connectivity index (χ2v) is 5.29. The monoisotopic (exact) mass is 344 g/mol. The highest BCUT2D eigenvalue weighted by Crippen LogP contribution is 2.24. The average molecular weight is 345 g/mol. The Morgan fingerprint density at radius 1 is 1.05 bits per heavy atom. The summed E-state index contributed by atoms with van der Waals surface area (Å²) < 4.78 is 26.1. The third kappa shape index (κ3) is 4.58. The molecule has 0 atom stereocenters. The van der Waals surface area contributed by atoms with Crippen LogP contribution in [-0.4, -0.2) is 12.5 Å². The molecule has 0 spiro atoms. The maximum atomic E-state index is 13.4. The molecule has 0 saturated carbocycles. The van der Waals surface area contributed by atoms with Gasteiger partial charge < -0.3 is 10.6 Å². The van der Waals surface area contributed by atoms with Crippen LogP contribution in [0.3, 0.4) is 0 Å². The fourth-order valence-electron chi connectivity index (χ4n) is 1.73.